The van der Waals surface area contributed by atoms with Crippen LogP contribution in [-0.4, -0.2) is 33.0 Å². The van der Waals surface area contributed by atoms with Crippen LogP contribution < -0.4 is 0 Å². The first-order valence-electron chi connectivity index (χ1n) is 8.27. The number of carbonyl (C=O) groups excluding carboxylic acids is 1. The average molecular weight is 309 g/mol. The maximum absolute atomic E-state index is 11.6. The number of nitrogens with zero attached hydrogens (tertiary/aromatic N) is 3. The van der Waals surface area contributed by atoms with E-state index in [0.29, 0.717) is 19.4 Å². The molecule has 0 fully saturated rings. The highest BCUT2D eigenvalue weighted by molar-refractivity contribution is 5.78. The molecular weight excluding hydrogens is 278 g/mol. The summed E-state index contributed by atoms with van der Waals surface area (Å²) in [6.07, 6.45) is 5.91. The largest absolute Gasteiger partial charge is 0.375 e. The molecule has 1 heterocycles. The first-order chi connectivity index (χ1) is 10.2. The van der Waals surface area contributed by atoms with E-state index in [1.807, 2.05) is 31.6 Å². The van der Waals surface area contributed by atoms with Gasteiger partial charge in [0.1, 0.15) is 5.78 Å². The lowest BCUT2D eigenvalue weighted by Crippen LogP contribution is -2.33. The van der Waals surface area contributed by atoms with Crippen LogP contribution >= 0.6 is 0 Å². The summed E-state index contributed by atoms with van der Waals surface area (Å²) < 4.78 is 7.85. The number of aryl methyl sites for hydroxylation is 1. The summed E-state index contributed by atoms with van der Waals surface area (Å²) in [6, 6.07) is 0. The zero-order valence-electron chi connectivity index (χ0n) is 15.0. The van der Waals surface area contributed by atoms with E-state index in [0.717, 1.165) is 25.0 Å². The zero-order valence-corrected chi connectivity index (χ0v) is 15.0. The minimum absolute atomic E-state index is 0.149. The SMILES string of the molecule is CCCc1cn(C(C)(C)CCOC(C)(C)CC(=O)CC)nn1. The highest BCUT2D eigenvalue weighted by Gasteiger charge is 2.26. The predicted octanol–water partition coefficient (Wildman–Crippen LogP) is 3.52. The van der Waals surface area contributed by atoms with Crippen LogP contribution in [0.5, 0.6) is 0 Å². The minimum Gasteiger partial charge on any atom is -0.375 e. The topological polar surface area (TPSA) is 57.0 Å². The van der Waals surface area contributed by atoms with Gasteiger partial charge in [-0.15, -0.1) is 5.10 Å². The first-order valence-corrected chi connectivity index (χ1v) is 8.27. The van der Waals surface area contributed by atoms with E-state index >= 15 is 0 Å². The molecule has 0 saturated carbocycles. The van der Waals surface area contributed by atoms with Crippen molar-refractivity contribution in [2.24, 2.45) is 0 Å². The van der Waals surface area contributed by atoms with Crippen LogP contribution in [-0.2, 0) is 21.5 Å². The molecule has 5 heteroatoms. The Morgan fingerprint density at radius 3 is 2.55 bits per heavy atom. The molecule has 0 bridgehead atoms. The van der Waals surface area contributed by atoms with Gasteiger partial charge in [0.05, 0.1) is 16.8 Å². The van der Waals surface area contributed by atoms with Gasteiger partial charge < -0.3 is 4.74 Å². The summed E-state index contributed by atoms with van der Waals surface area (Å²) in [5, 5.41) is 8.45. The number of Topliss-reactive ketones (excluding diaryl/α,β-unsaturated/α-hetero) is 1. The standard InChI is InChI=1S/C17H31N3O2/c1-7-9-14-13-20(19-18-14)16(3,4)10-11-22-17(5,6)12-15(21)8-2/h13H,7-12H2,1-6H3. The van der Waals surface area contributed by atoms with Gasteiger partial charge in [-0.2, -0.15) is 0 Å². The average Bonchev–Trinajstić information content (AvgIpc) is 2.87. The van der Waals surface area contributed by atoms with Gasteiger partial charge in [0.15, 0.2) is 0 Å². The Morgan fingerprint density at radius 2 is 1.95 bits per heavy atom. The van der Waals surface area contributed by atoms with E-state index in [4.69, 9.17) is 4.74 Å². The fourth-order valence-electron chi connectivity index (χ4n) is 2.31. The Balaban J connectivity index is 2.52. The normalized spacial score (nSPS) is 12.6. The molecule has 0 aliphatic carbocycles. The second-order valence-electron chi connectivity index (χ2n) is 7.14. The van der Waals surface area contributed by atoms with Gasteiger partial charge in [-0.05, 0) is 40.5 Å². The fraction of sp³-hybridized carbons (Fsp3) is 0.824. The molecule has 1 aromatic heterocycles. The van der Waals surface area contributed by atoms with Crippen LogP contribution in [0.25, 0.3) is 0 Å². The molecule has 5 nitrogen and oxygen atoms in total. The number of carbonyl (C=O) groups is 1. The third-order valence-electron chi connectivity index (χ3n) is 3.89. The monoisotopic (exact) mass is 309 g/mol. The molecule has 1 aromatic rings. The molecule has 1 rings (SSSR count). The molecule has 22 heavy (non-hydrogen) atoms. The molecule has 0 amide bonds. The number of hydrogen-bond acceptors (Lipinski definition) is 4. The Morgan fingerprint density at radius 1 is 1.27 bits per heavy atom. The van der Waals surface area contributed by atoms with E-state index in [9.17, 15) is 4.79 Å². The molecule has 0 aromatic carbocycles. The molecule has 0 atom stereocenters. The van der Waals surface area contributed by atoms with Gasteiger partial charge in [-0.3, -0.25) is 4.79 Å². The fourth-order valence-corrected chi connectivity index (χ4v) is 2.31. The van der Waals surface area contributed by atoms with Crippen molar-refractivity contribution in [2.45, 2.75) is 84.8 Å². The predicted molar refractivity (Wildman–Crippen MR) is 87.9 cm³/mol. The zero-order chi connectivity index (χ0) is 16.8. The van der Waals surface area contributed by atoms with Crippen LogP contribution in [0.2, 0.25) is 0 Å². The van der Waals surface area contributed by atoms with Crippen molar-refractivity contribution in [3.8, 4) is 0 Å². The summed E-state index contributed by atoms with van der Waals surface area (Å²) >= 11 is 0. The number of rotatable bonds is 10. The third kappa shape index (κ3) is 5.87. The number of hydrogen-bond donors (Lipinski definition) is 0. The Kier molecular flexibility index (Phi) is 6.72. The quantitative estimate of drug-likeness (QED) is 0.663. The van der Waals surface area contributed by atoms with Gasteiger partial charge in [0, 0.05) is 25.6 Å². The van der Waals surface area contributed by atoms with Crippen molar-refractivity contribution in [3.63, 3.8) is 0 Å². The highest BCUT2D eigenvalue weighted by atomic mass is 16.5. The Hall–Kier alpha value is -1.23. The maximum atomic E-state index is 11.6. The number of ketones is 1. The van der Waals surface area contributed by atoms with Crippen molar-refractivity contribution in [1.29, 1.82) is 0 Å². The molecular formula is C17H31N3O2. The van der Waals surface area contributed by atoms with Gasteiger partial charge >= 0.3 is 0 Å². The summed E-state index contributed by atoms with van der Waals surface area (Å²) in [5.74, 6) is 0.241. The van der Waals surface area contributed by atoms with Crippen molar-refractivity contribution in [3.05, 3.63) is 11.9 Å². The number of ether oxygens (including phenoxy) is 1. The smallest absolute Gasteiger partial charge is 0.135 e. The van der Waals surface area contributed by atoms with Gasteiger partial charge in [0.2, 0.25) is 0 Å². The van der Waals surface area contributed by atoms with Crippen LogP contribution in [0.4, 0.5) is 0 Å². The van der Waals surface area contributed by atoms with Gasteiger partial charge in [-0.25, -0.2) is 4.68 Å². The van der Waals surface area contributed by atoms with E-state index < -0.39 is 5.60 Å². The third-order valence-corrected chi connectivity index (χ3v) is 3.89. The van der Waals surface area contributed by atoms with E-state index in [-0.39, 0.29) is 11.3 Å². The molecule has 0 aliphatic heterocycles. The Bertz CT molecular complexity index is 478. The van der Waals surface area contributed by atoms with Crippen LogP contribution in [0.15, 0.2) is 6.20 Å². The van der Waals surface area contributed by atoms with Crippen LogP contribution in [0.1, 0.15) is 72.9 Å². The van der Waals surface area contributed by atoms with Crippen LogP contribution in [0, 0.1) is 0 Å². The van der Waals surface area contributed by atoms with Crippen molar-refractivity contribution >= 4 is 5.78 Å². The Labute approximate surface area is 134 Å². The summed E-state index contributed by atoms with van der Waals surface area (Å²) in [4.78, 5) is 11.6. The summed E-state index contributed by atoms with van der Waals surface area (Å²) in [6.45, 7) is 12.8. The van der Waals surface area contributed by atoms with Crippen molar-refractivity contribution in [2.75, 3.05) is 6.61 Å². The summed E-state index contributed by atoms with van der Waals surface area (Å²) in [5.41, 5.74) is 0.480. The maximum Gasteiger partial charge on any atom is 0.135 e. The molecule has 0 unspecified atom stereocenters. The van der Waals surface area contributed by atoms with E-state index in [2.05, 4.69) is 31.1 Å². The second kappa shape index (κ2) is 7.86. The molecule has 0 aliphatic rings. The minimum atomic E-state index is -0.404. The molecule has 0 radical (unpaired) electrons. The van der Waals surface area contributed by atoms with Gasteiger partial charge in [0.25, 0.3) is 0 Å². The molecule has 0 N–H and O–H groups in total. The lowest BCUT2D eigenvalue weighted by atomic mass is 9.99. The van der Waals surface area contributed by atoms with Crippen molar-refractivity contribution in [1.82, 2.24) is 15.0 Å². The lowest BCUT2D eigenvalue weighted by Gasteiger charge is -2.29. The highest BCUT2D eigenvalue weighted by Crippen LogP contribution is 2.22. The first kappa shape index (κ1) is 18.8. The van der Waals surface area contributed by atoms with Crippen LogP contribution in [0.3, 0.4) is 0 Å². The molecule has 126 valence electrons. The van der Waals surface area contributed by atoms with Crippen molar-refractivity contribution < 1.29 is 9.53 Å². The summed E-state index contributed by atoms with van der Waals surface area (Å²) in [7, 11) is 0. The second-order valence-corrected chi connectivity index (χ2v) is 7.14. The van der Waals surface area contributed by atoms with Gasteiger partial charge in [-0.1, -0.05) is 25.5 Å². The van der Waals surface area contributed by atoms with E-state index in [1.54, 1.807) is 0 Å². The molecule has 0 spiro atoms. The lowest BCUT2D eigenvalue weighted by molar-refractivity contribution is -0.125. The molecule has 0 saturated heterocycles. The van der Waals surface area contributed by atoms with E-state index in [1.165, 1.54) is 0 Å². The number of aromatic nitrogens is 3.